The van der Waals surface area contributed by atoms with Gasteiger partial charge in [0, 0.05) is 0 Å². The molecule has 4 aromatic rings. The zero-order valence-corrected chi connectivity index (χ0v) is 28.2. The third-order valence-corrected chi connectivity index (χ3v) is 11.7. The quantitative estimate of drug-likeness (QED) is 0.151. The summed E-state index contributed by atoms with van der Waals surface area (Å²) in [6.45, 7) is -9.76. The molecule has 4 aromatic heterocycles. The first kappa shape index (κ1) is 32.8. The second kappa shape index (κ2) is 12.8. The average molecular weight is 745 g/mol. The summed E-state index contributed by atoms with van der Waals surface area (Å²) in [5, 5.41) is 0. The van der Waals surface area contributed by atoms with E-state index in [0.29, 0.717) is 59.4 Å². The molecule has 0 saturated carbocycles. The highest BCUT2D eigenvalue weighted by Gasteiger charge is 2.54. The number of ether oxygens (including phenoxy) is 2. The number of allylic oxidation sites excluding steroid dienone is 2. The Morgan fingerprint density at radius 1 is 0.792 bits per heavy atom. The van der Waals surface area contributed by atoms with E-state index in [1.807, 2.05) is 12.2 Å². The predicted molar refractivity (Wildman–Crippen MR) is 169 cm³/mol. The van der Waals surface area contributed by atoms with Crippen molar-refractivity contribution in [3.63, 3.8) is 0 Å². The van der Waals surface area contributed by atoms with Gasteiger partial charge in [-0.15, -0.1) is 0 Å². The third-order valence-electron chi connectivity index (χ3n) is 8.53. The first-order chi connectivity index (χ1) is 23.1. The second-order valence-electron chi connectivity index (χ2n) is 11.5. The number of alkyl halides is 2. The summed E-state index contributed by atoms with van der Waals surface area (Å²) in [5.41, 5.74) is 2.79. The Morgan fingerprint density at radius 2 is 1.29 bits per heavy atom. The summed E-state index contributed by atoms with van der Waals surface area (Å²) in [4.78, 5) is 37.3. The van der Waals surface area contributed by atoms with Crippen LogP contribution in [0, 0.1) is 0 Å². The minimum absolute atomic E-state index is 0.297. The van der Waals surface area contributed by atoms with E-state index in [2.05, 4.69) is 42.2 Å². The Labute approximate surface area is 281 Å². The molecule has 48 heavy (non-hydrogen) atoms. The molecule has 0 spiro atoms. The number of thiol groups is 1. The number of aryl methyl sites for hydroxylation is 2. The second-order valence-corrected chi connectivity index (χ2v) is 17.2. The van der Waals surface area contributed by atoms with Crippen LogP contribution in [-0.2, 0) is 56.8 Å². The summed E-state index contributed by atoms with van der Waals surface area (Å²) in [6, 6.07) is 0. The summed E-state index contributed by atoms with van der Waals surface area (Å²) in [6.07, 6.45) is -0.587. The average Bonchev–Trinajstić information content (AvgIpc) is 3.81. The molecule has 256 valence electrons. The van der Waals surface area contributed by atoms with E-state index < -0.39 is 75.9 Å². The smallest absolute Gasteiger partial charge is 0.346 e. The van der Waals surface area contributed by atoms with Crippen molar-refractivity contribution >= 4 is 59.9 Å². The molecule has 16 nitrogen and oxygen atoms in total. The summed E-state index contributed by atoms with van der Waals surface area (Å²) in [5.74, 6) is 0. The molecule has 0 aliphatic carbocycles. The van der Waals surface area contributed by atoms with Crippen molar-refractivity contribution in [3.8, 4) is 0 Å². The Bertz CT molecular complexity index is 1850. The molecule has 0 radical (unpaired) electrons. The van der Waals surface area contributed by atoms with Crippen LogP contribution in [0.3, 0.4) is 0 Å². The number of aromatic nitrogens is 8. The minimum atomic E-state index is -4.36. The van der Waals surface area contributed by atoms with E-state index in [-0.39, 0.29) is 0 Å². The number of fused-ring (bicyclic) bond motifs is 10. The molecular formula is C26H28F2N8O8P2S2. The molecule has 9 rings (SSSR count). The SMILES string of the molecule is O=P1(S)OC[C@H]2OC3[C@H](F)[C@@H]2OP(O)(=S)OCC2O[C@H]([C@H](F)[C@@H]2O1)n1cnc2c(ncnc21)CC/C=C/CCc1ncnc2c1ncn23. The van der Waals surface area contributed by atoms with Gasteiger partial charge in [-0.05, 0) is 37.5 Å². The van der Waals surface area contributed by atoms with Gasteiger partial charge in [0.1, 0.15) is 48.1 Å². The highest BCUT2D eigenvalue weighted by atomic mass is 32.7. The predicted octanol–water partition coefficient (Wildman–Crippen LogP) is 3.64. The van der Waals surface area contributed by atoms with E-state index in [4.69, 9.17) is 39.4 Å². The Balaban J connectivity index is 1.21. The highest BCUT2D eigenvalue weighted by molar-refractivity contribution is 8.44. The lowest BCUT2D eigenvalue weighted by atomic mass is 10.1. The normalized spacial score (nSPS) is 38.3. The molecule has 22 heteroatoms. The molecule has 3 saturated heterocycles. The third kappa shape index (κ3) is 6.04. The van der Waals surface area contributed by atoms with Gasteiger partial charge in [-0.2, -0.15) is 0 Å². The zero-order chi connectivity index (χ0) is 33.2. The number of imidazole rings is 2. The van der Waals surface area contributed by atoms with Crippen molar-refractivity contribution in [2.75, 3.05) is 13.2 Å². The van der Waals surface area contributed by atoms with Gasteiger partial charge in [-0.3, -0.25) is 22.7 Å². The first-order valence-corrected chi connectivity index (χ1v) is 20.3. The van der Waals surface area contributed by atoms with Crippen LogP contribution in [-0.4, -0.2) is 93.9 Å². The van der Waals surface area contributed by atoms with E-state index >= 15 is 8.78 Å². The lowest BCUT2D eigenvalue weighted by Gasteiger charge is -2.29. The highest BCUT2D eigenvalue weighted by Crippen LogP contribution is 2.58. The maximum Gasteiger partial charge on any atom is 0.386 e. The van der Waals surface area contributed by atoms with Crippen LogP contribution in [0.4, 0.5) is 8.78 Å². The fraction of sp³-hybridized carbons (Fsp3) is 0.538. The Morgan fingerprint density at radius 3 is 1.83 bits per heavy atom. The fourth-order valence-electron chi connectivity index (χ4n) is 6.27. The van der Waals surface area contributed by atoms with Gasteiger partial charge in [0.05, 0.1) is 37.3 Å². The van der Waals surface area contributed by atoms with Crippen molar-refractivity contribution < 1.29 is 45.8 Å². The van der Waals surface area contributed by atoms with Crippen molar-refractivity contribution in [2.24, 2.45) is 0 Å². The Kier molecular flexibility index (Phi) is 8.73. The fourth-order valence-corrected chi connectivity index (χ4v) is 9.19. The van der Waals surface area contributed by atoms with Gasteiger partial charge in [0.25, 0.3) is 0 Å². The Hall–Kier alpha value is -2.35. The van der Waals surface area contributed by atoms with Gasteiger partial charge >= 0.3 is 13.5 Å². The van der Waals surface area contributed by atoms with Gasteiger partial charge in [0.2, 0.25) is 0 Å². The van der Waals surface area contributed by atoms with Crippen LogP contribution in [0.1, 0.15) is 36.7 Å². The molecule has 1 N–H and O–H groups in total. The van der Waals surface area contributed by atoms with Crippen LogP contribution < -0.4 is 0 Å². The van der Waals surface area contributed by atoms with Crippen LogP contribution in [0.15, 0.2) is 37.5 Å². The monoisotopic (exact) mass is 744 g/mol. The standard InChI is InChI=1S/C26H28F2N8O8P2S2/c27-17-21-15-7-39-46(38,48)44-22-16(8-40-45(37,47)43-21)42-26(18(22)28)36-12-34-20-14(30-10-32-24(20)36)6-4-2-1-3-5-13-19-23(31-9-29-13)35(11-33-19)25(17)41-15/h1-2,9-12,15-18,21-22,25-26H,3-8H2,(H,37,47)(H,38,48)/b2-1+/t15-,16?,17-,18-,21-,22-,25?,26-,45?,46?/m1/s1. The molecule has 5 aliphatic heterocycles. The number of rotatable bonds is 0. The largest absolute Gasteiger partial charge is 0.386 e. The molecule has 0 aromatic carbocycles. The van der Waals surface area contributed by atoms with Gasteiger partial charge in [0.15, 0.2) is 36.1 Å². The molecule has 9 heterocycles. The van der Waals surface area contributed by atoms with Gasteiger partial charge in [-0.1, -0.05) is 24.4 Å². The lowest BCUT2D eigenvalue weighted by Crippen LogP contribution is -2.37. The van der Waals surface area contributed by atoms with Crippen molar-refractivity contribution in [1.29, 1.82) is 0 Å². The van der Waals surface area contributed by atoms with Crippen LogP contribution in [0.5, 0.6) is 0 Å². The number of nitrogens with zero attached hydrogens (tertiary/aromatic N) is 8. The van der Waals surface area contributed by atoms with Crippen LogP contribution in [0.2, 0.25) is 0 Å². The maximum atomic E-state index is 16.3. The van der Waals surface area contributed by atoms with Crippen LogP contribution >= 0.6 is 25.8 Å². The summed E-state index contributed by atoms with van der Waals surface area (Å²) < 4.78 is 83.1. The van der Waals surface area contributed by atoms with Crippen LogP contribution in [0.25, 0.3) is 22.3 Å². The summed E-state index contributed by atoms with van der Waals surface area (Å²) >= 11 is 9.31. The molecule has 5 aliphatic rings. The molecular weight excluding hydrogens is 716 g/mol. The summed E-state index contributed by atoms with van der Waals surface area (Å²) in [7, 11) is 0. The molecule has 14 bridgehead atoms. The molecule has 3 fully saturated rings. The van der Waals surface area contributed by atoms with Crippen molar-refractivity contribution in [3.05, 3.63) is 48.8 Å². The number of halogens is 2. The van der Waals surface area contributed by atoms with E-state index in [1.54, 1.807) is 0 Å². The van der Waals surface area contributed by atoms with Crippen molar-refractivity contribution in [1.82, 2.24) is 39.0 Å². The molecule has 4 unspecified atom stereocenters. The van der Waals surface area contributed by atoms with E-state index in [0.717, 1.165) is 0 Å². The van der Waals surface area contributed by atoms with E-state index in [9.17, 15) is 9.46 Å². The molecule has 10 atom stereocenters. The van der Waals surface area contributed by atoms with Crippen molar-refractivity contribution in [2.45, 2.75) is 74.9 Å². The lowest BCUT2D eigenvalue weighted by molar-refractivity contribution is -0.0564. The number of hydrogen-bond acceptors (Lipinski definition) is 14. The first-order valence-electron chi connectivity index (χ1n) is 15.0. The van der Waals surface area contributed by atoms with E-state index in [1.165, 1.54) is 34.4 Å². The zero-order valence-electron chi connectivity index (χ0n) is 24.7. The number of hydrogen-bond donors (Lipinski definition) is 2. The molecule has 0 amide bonds. The topological polar surface area (TPSA) is 180 Å². The van der Waals surface area contributed by atoms with Gasteiger partial charge < -0.3 is 18.9 Å². The maximum absolute atomic E-state index is 16.3. The minimum Gasteiger partial charge on any atom is -0.346 e. The van der Waals surface area contributed by atoms with Gasteiger partial charge in [-0.25, -0.2) is 43.2 Å².